The van der Waals surface area contributed by atoms with Crippen LogP contribution in [0.15, 0.2) is 22.8 Å². The first-order chi connectivity index (χ1) is 5.70. The molecule has 0 heterocycles. The average molecular weight is 209 g/mol. The van der Waals surface area contributed by atoms with E-state index in [1.54, 1.807) is 13.2 Å². The van der Waals surface area contributed by atoms with Gasteiger partial charge in [0.2, 0.25) is 0 Å². The van der Waals surface area contributed by atoms with Gasteiger partial charge in [-0.15, -0.1) is 11.6 Å². The highest BCUT2D eigenvalue weighted by Gasteiger charge is 1.91. The largest absolute Gasteiger partial charge is 0.384 e. The molecule has 0 aromatic rings. The molecule has 0 amide bonds. The summed E-state index contributed by atoms with van der Waals surface area (Å²) in [7, 11) is 1.68. The quantitative estimate of drug-likeness (QED) is 0.498. The number of hydrogen-bond acceptors (Lipinski definition) is 1. The van der Waals surface area contributed by atoms with Gasteiger partial charge in [-0.25, -0.2) is 0 Å². The van der Waals surface area contributed by atoms with E-state index in [0.29, 0.717) is 10.9 Å². The van der Waals surface area contributed by atoms with Crippen LogP contribution in [0.1, 0.15) is 13.3 Å². The number of halogens is 2. The summed E-state index contributed by atoms with van der Waals surface area (Å²) < 4.78 is 4.92. The molecule has 0 aliphatic rings. The Labute approximate surface area is 84.0 Å². The summed E-state index contributed by atoms with van der Waals surface area (Å²) in [6.07, 6.45) is 4.57. The van der Waals surface area contributed by atoms with Crippen LogP contribution in [0, 0.1) is 0 Å². The van der Waals surface area contributed by atoms with E-state index in [2.05, 4.69) is 0 Å². The molecule has 0 aromatic heterocycles. The average Bonchev–Trinajstić information content (AvgIpc) is 2.01. The van der Waals surface area contributed by atoms with E-state index in [9.17, 15) is 0 Å². The van der Waals surface area contributed by atoms with Crippen molar-refractivity contribution in [1.82, 2.24) is 0 Å². The van der Waals surface area contributed by atoms with Crippen molar-refractivity contribution in [1.29, 1.82) is 0 Å². The van der Waals surface area contributed by atoms with Gasteiger partial charge in [0.25, 0.3) is 0 Å². The zero-order valence-corrected chi connectivity index (χ0v) is 8.95. The molecular formula is C9H14Cl2O. The zero-order valence-electron chi connectivity index (χ0n) is 7.44. The molecule has 0 atom stereocenters. The van der Waals surface area contributed by atoms with Crippen LogP contribution in [-0.2, 0) is 4.74 Å². The number of alkyl halides is 1. The van der Waals surface area contributed by atoms with Crippen LogP contribution < -0.4 is 0 Å². The molecule has 0 saturated carbocycles. The Hall–Kier alpha value is 0.0200. The van der Waals surface area contributed by atoms with Crippen molar-refractivity contribution >= 4 is 23.2 Å². The minimum atomic E-state index is 0.451. The van der Waals surface area contributed by atoms with Crippen molar-refractivity contribution in [3.05, 3.63) is 22.8 Å². The summed E-state index contributed by atoms with van der Waals surface area (Å²) in [5, 5.41) is 0.693. The maximum Gasteiger partial charge on any atom is 0.0499 e. The van der Waals surface area contributed by atoms with E-state index >= 15 is 0 Å². The third-order valence-electron chi connectivity index (χ3n) is 1.36. The van der Waals surface area contributed by atoms with Crippen molar-refractivity contribution in [2.24, 2.45) is 0 Å². The highest BCUT2D eigenvalue weighted by Crippen LogP contribution is 2.09. The number of methoxy groups -OCH3 is 1. The number of ether oxygens (including phenoxy) is 1. The lowest BCUT2D eigenvalue weighted by Crippen LogP contribution is -1.88. The first-order valence-corrected chi connectivity index (χ1v) is 4.69. The number of hydrogen-bond donors (Lipinski definition) is 0. The number of allylic oxidation sites excluding steroid dienone is 3. The van der Waals surface area contributed by atoms with Crippen LogP contribution in [0.2, 0.25) is 0 Å². The summed E-state index contributed by atoms with van der Waals surface area (Å²) in [4.78, 5) is 0. The first kappa shape index (κ1) is 12.0. The lowest BCUT2D eigenvalue weighted by atomic mass is 10.2. The van der Waals surface area contributed by atoms with Gasteiger partial charge in [0, 0.05) is 24.6 Å². The molecule has 0 aliphatic carbocycles. The van der Waals surface area contributed by atoms with Gasteiger partial charge in [0.1, 0.15) is 0 Å². The van der Waals surface area contributed by atoms with Gasteiger partial charge in [0.05, 0.1) is 0 Å². The lowest BCUT2D eigenvalue weighted by molar-refractivity contribution is 0.202. The molecular weight excluding hydrogens is 195 g/mol. The molecule has 0 fully saturated rings. The molecule has 3 heteroatoms. The van der Waals surface area contributed by atoms with Crippen LogP contribution in [-0.4, -0.2) is 19.6 Å². The first-order valence-electron chi connectivity index (χ1n) is 3.78. The predicted octanol–water partition coefficient (Wildman–Crippen LogP) is 3.33. The summed E-state index contributed by atoms with van der Waals surface area (Å²) >= 11 is 11.3. The monoisotopic (exact) mass is 208 g/mol. The molecule has 0 N–H and O–H groups in total. The summed E-state index contributed by atoms with van der Waals surface area (Å²) in [5.74, 6) is 0.451. The Morgan fingerprint density at radius 2 is 2.17 bits per heavy atom. The fourth-order valence-corrected chi connectivity index (χ4v) is 1.21. The molecule has 0 saturated heterocycles. The minimum Gasteiger partial charge on any atom is -0.384 e. The SMILES string of the molecule is COCC/C(C)=C/C(Cl)=C/CCl. The van der Waals surface area contributed by atoms with Crippen molar-refractivity contribution < 1.29 is 4.74 Å². The van der Waals surface area contributed by atoms with Gasteiger partial charge in [-0.05, 0) is 19.4 Å². The van der Waals surface area contributed by atoms with E-state index < -0.39 is 0 Å². The van der Waals surface area contributed by atoms with E-state index in [-0.39, 0.29) is 0 Å². The minimum absolute atomic E-state index is 0.451. The molecule has 0 aliphatic heterocycles. The van der Waals surface area contributed by atoms with Gasteiger partial charge in [-0.2, -0.15) is 0 Å². The number of rotatable bonds is 5. The summed E-state index contributed by atoms with van der Waals surface area (Å²) in [6.45, 7) is 2.75. The Morgan fingerprint density at radius 3 is 2.67 bits per heavy atom. The molecule has 0 rings (SSSR count). The van der Waals surface area contributed by atoms with E-state index in [0.717, 1.165) is 13.0 Å². The van der Waals surface area contributed by atoms with Gasteiger partial charge in [-0.3, -0.25) is 0 Å². The predicted molar refractivity (Wildman–Crippen MR) is 54.9 cm³/mol. The Balaban J connectivity index is 3.88. The molecule has 0 radical (unpaired) electrons. The smallest absolute Gasteiger partial charge is 0.0499 e. The highest BCUT2D eigenvalue weighted by molar-refractivity contribution is 6.32. The zero-order chi connectivity index (χ0) is 9.40. The fraction of sp³-hybridized carbons (Fsp3) is 0.556. The van der Waals surface area contributed by atoms with Crippen LogP contribution in [0.3, 0.4) is 0 Å². The third kappa shape index (κ3) is 6.71. The lowest BCUT2D eigenvalue weighted by Gasteiger charge is -1.98. The van der Waals surface area contributed by atoms with Gasteiger partial charge >= 0.3 is 0 Å². The van der Waals surface area contributed by atoms with Crippen LogP contribution in [0.4, 0.5) is 0 Å². The summed E-state index contributed by atoms with van der Waals surface area (Å²) in [5.41, 5.74) is 1.20. The molecule has 0 aromatic carbocycles. The second-order valence-electron chi connectivity index (χ2n) is 2.48. The second-order valence-corrected chi connectivity index (χ2v) is 3.22. The fourth-order valence-electron chi connectivity index (χ4n) is 0.703. The van der Waals surface area contributed by atoms with Crippen LogP contribution >= 0.6 is 23.2 Å². The molecule has 12 heavy (non-hydrogen) atoms. The molecule has 0 unspecified atom stereocenters. The summed E-state index contributed by atoms with van der Waals surface area (Å²) in [6, 6.07) is 0. The van der Waals surface area contributed by atoms with E-state index in [4.69, 9.17) is 27.9 Å². The van der Waals surface area contributed by atoms with Gasteiger partial charge in [-0.1, -0.05) is 23.3 Å². The van der Waals surface area contributed by atoms with Crippen LogP contribution in [0.5, 0.6) is 0 Å². The highest BCUT2D eigenvalue weighted by atomic mass is 35.5. The maximum atomic E-state index is 5.81. The van der Waals surface area contributed by atoms with Crippen LogP contribution in [0.25, 0.3) is 0 Å². The third-order valence-corrected chi connectivity index (χ3v) is 1.77. The normalized spacial score (nSPS) is 13.7. The van der Waals surface area contributed by atoms with Gasteiger partial charge < -0.3 is 4.74 Å². The maximum absolute atomic E-state index is 5.81. The molecule has 1 nitrogen and oxygen atoms in total. The Bertz CT molecular complexity index is 173. The van der Waals surface area contributed by atoms with Crippen molar-refractivity contribution in [2.45, 2.75) is 13.3 Å². The van der Waals surface area contributed by atoms with Crippen molar-refractivity contribution in [2.75, 3.05) is 19.6 Å². The van der Waals surface area contributed by atoms with E-state index in [1.165, 1.54) is 5.57 Å². The second kappa shape index (κ2) is 7.66. The van der Waals surface area contributed by atoms with Crippen molar-refractivity contribution in [3.8, 4) is 0 Å². The molecule has 0 spiro atoms. The van der Waals surface area contributed by atoms with Gasteiger partial charge in [0.15, 0.2) is 0 Å². The van der Waals surface area contributed by atoms with E-state index in [1.807, 2.05) is 13.0 Å². The Morgan fingerprint density at radius 1 is 1.50 bits per heavy atom. The standard InChI is InChI=1S/C9H14Cl2O/c1-8(4-6-12-2)7-9(11)3-5-10/h3,7H,4-6H2,1-2H3/b8-7+,9-3-. The Kier molecular flexibility index (Phi) is 7.67. The molecule has 0 bridgehead atoms. The van der Waals surface area contributed by atoms with Crippen molar-refractivity contribution in [3.63, 3.8) is 0 Å². The topological polar surface area (TPSA) is 9.23 Å². The molecule has 70 valence electrons.